The van der Waals surface area contributed by atoms with Gasteiger partial charge in [0.25, 0.3) is 0 Å². The molecule has 0 saturated carbocycles. The molecule has 33 heavy (non-hydrogen) atoms. The van der Waals surface area contributed by atoms with E-state index in [0.717, 1.165) is 6.07 Å². The number of nitrogens with zero attached hydrogens (tertiary/aromatic N) is 1. The van der Waals surface area contributed by atoms with Crippen molar-refractivity contribution in [3.63, 3.8) is 0 Å². The van der Waals surface area contributed by atoms with Crippen LogP contribution in [-0.4, -0.2) is 43.9 Å². The van der Waals surface area contributed by atoms with Gasteiger partial charge in [-0.05, 0) is 0 Å². The van der Waals surface area contributed by atoms with Crippen molar-refractivity contribution >= 4 is 48.1 Å². The number of carbonyl (C=O) groups excluding carboxylic acids is 3. The van der Waals surface area contributed by atoms with Gasteiger partial charge in [-0.3, -0.25) is 0 Å². The van der Waals surface area contributed by atoms with Crippen LogP contribution in [0, 0.1) is 7.14 Å². The summed E-state index contributed by atoms with van der Waals surface area (Å²) in [5, 5.41) is 0.319. The van der Waals surface area contributed by atoms with E-state index in [-0.39, 0.29) is 25.5 Å². The van der Waals surface area contributed by atoms with E-state index in [1.807, 2.05) is 0 Å². The number of benzene rings is 2. The number of amides is 2. The Labute approximate surface area is 193 Å². The van der Waals surface area contributed by atoms with Crippen LogP contribution in [0.1, 0.15) is 23.2 Å². The number of methoxy groups -OCH3 is 1. The van der Waals surface area contributed by atoms with Gasteiger partial charge < -0.3 is 0 Å². The van der Waals surface area contributed by atoms with E-state index in [2.05, 4.69) is 2.51 Å². The molecule has 178 valence electrons. The SMILES string of the molecule is COc1ccc(I(OS(=O)(=O)C(F)(F)F)c2cccc(C(=O)ON3C(=O)CCC3=O)c2)cc1. The summed E-state index contributed by atoms with van der Waals surface area (Å²) in [6, 6.07) is 10.5. The molecule has 0 aromatic heterocycles. The minimum absolute atomic E-state index is 0.0192. The van der Waals surface area contributed by atoms with E-state index in [0.29, 0.717) is 10.8 Å². The zero-order valence-electron chi connectivity index (χ0n) is 16.7. The molecule has 14 heteroatoms. The summed E-state index contributed by atoms with van der Waals surface area (Å²) in [4.78, 5) is 40.5. The molecule has 0 spiro atoms. The summed E-state index contributed by atoms with van der Waals surface area (Å²) in [5.41, 5.74) is -5.87. The van der Waals surface area contributed by atoms with Crippen molar-refractivity contribution < 1.29 is 48.1 Å². The molecule has 0 unspecified atom stereocenters. The second-order valence-electron chi connectivity index (χ2n) is 6.34. The van der Waals surface area contributed by atoms with Gasteiger partial charge in [0.05, 0.1) is 0 Å². The zero-order valence-corrected chi connectivity index (χ0v) is 19.6. The first-order valence-electron chi connectivity index (χ1n) is 8.96. The predicted octanol–water partition coefficient (Wildman–Crippen LogP) is 3.24. The normalized spacial score (nSPS) is 14.9. The maximum atomic E-state index is 13.0. The molecular formula is C19H15F3INO8S. The molecule has 0 atom stereocenters. The molecule has 2 aromatic carbocycles. The zero-order chi connectivity index (χ0) is 24.4. The van der Waals surface area contributed by atoms with Crippen LogP contribution in [0.15, 0.2) is 48.5 Å². The van der Waals surface area contributed by atoms with Crippen molar-refractivity contribution in [3.8, 4) is 5.75 Å². The molecule has 1 aliphatic heterocycles. The number of rotatable bonds is 7. The molecule has 1 aliphatic rings. The molecule has 3 rings (SSSR count). The Morgan fingerprint density at radius 2 is 1.61 bits per heavy atom. The number of ether oxygens (including phenoxy) is 1. The van der Waals surface area contributed by atoms with Gasteiger partial charge in [-0.15, -0.1) is 0 Å². The third-order valence-corrected chi connectivity index (χ3v) is 11.1. The van der Waals surface area contributed by atoms with E-state index < -0.39 is 53.6 Å². The number of halogens is 4. The van der Waals surface area contributed by atoms with Gasteiger partial charge in [0.15, 0.2) is 0 Å². The third-order valence-electron chi connectivity index (χ3n) is 4.12. The summed E-state index contributed by atoms with van der Waals surface area (Å²) in [5.74, 6) is -2.17. The Kier molecular flexibility index (Phi) is 7.28. The van der Waals surface area contributed by atoms with Gasteiger partial charge in [0.2, 0.25) is 0 Å². The summed E-state index contributed by atoms with van der Waals surface area (Å²) in [6.45, 7) is 0. The molecule has 2 amide bonds. The van der Waals surface area contributed by atoms with Crippen LogP contribution >= 0.6 is 20.2 Å². The van der Waals surface area contributed by atoms with Crippen LogP contribution in [-0.2, 0) is 27.1 Å². The van der Waals surface area contributed by atoms with Crippen molar-refractivity contribution in [2.75, 3.05) is 7.11 Å². The second-order valence-corrected chi connectivity index (χ2v) is 12.8. The average Bonchev–Trinajstić information content (AvgIpc) is 3.09. The predicted molar refractivity (Wildman–Crippen MR) is 113 cm³/mol. The van der Waals surface area contributed by atoms with Crippen molar-refractivity contribution in [2.45, 2.75) is 18.3 Å². The average molecular weight is 601 g/mol. The Morgan fingerprint density at radius 3 is 2.15 bits per heavy atom. The first kappa shape index (κ1) is 24.9. The number of imide groups is 1. The Bertz CT molecular complexity index is 1170. The van der Waals surface area contributed by atoms with Crippen molar-refractivity contribution in [1.82, 2.24) is 5.06 Å². The van der Waals surface area contributed by atoms with Crippen LogP contribution in [0.5, 0.6) is 5.75 Å². The number of alkyl halides is 3. The summed E-state index contributed by atoms with van der Waals surface area (Å²) in [6.07, 6.45) is -0.245. The summed E-state index contributed by atoms with van der Waals surface area (Å²) < 4.78 is 72.3. The van der Waals surface area contributed by atoms with E-state index in [1.54, 1.807) is 0 Å². The van der Waals surface area contributed by atoms with Crippen LogP contribution in [0.3, 0.4) is 0 Å². The summed E-state index contributed by atoms with van der Waals surface area (Å²) in [7, 11) is -4.57. The van der Waals surface area contributed by atoms with E-state index >= 15 is 0 Å². The molecule has 0 radical (unpaired) electrons. The molecule has 1 fully saturated rings. The van der Waals surface area contributed by atoms with Crippen LogP contribution in [0.4, 0.5) is 13.2 Å². The van der Waals surface area contributed by atoms with Gasteiger partial charge in [0.1, 0.15) is 0 Å². The maximum absolute atomic E-state index is 13.0. The molecule has 1 heterocycles. The first-order chi connectivity index (χ1) is 15.4. The van der Waals surface area contributed by atoms with Gasteiger partial charge in [0, 0.05) is 0 Å². The van der Waals surface area contributed by atoms with E-state index in [1.165, 1.54) is 49.6 Å². The molecule has 0 aliphatic carbocycles. The number of carbonyl (C=O) groups is 3. The fraction of sp³-hybridized carbons (Fsp3) is 0.211. The van der Waals surface area contributed by atoms with E-state index in [9.17, 15) is 36.0 Å². The molecule has 9 nitrogen and oxygen atoms in total. The monoisotopic (exact) mass is 601 g/mol. The van der Waals surface area contributed by atoms with Crippen molar-refractivity contribution in [3.05, 3.63) is 61.2 Å². The minimum atomic E-state index is -5.95. The van der Waals surface area contributed by atoms with Gasteiger partial charge in [-0.2, -0.15) is 0 Å². The topological polar surface area (TPSA) is 116 Å². The standard InChI is InChI=1S/C19H15F3INO8S/c1-30-15-7-5-13(6-8-15)23(32-33(28,29)19(20,21)22)14-4-2-3-12(11-14)18(27)31-24-16(25)9-10-17(24)26/h2-8,11H,9-10H2,1H3. The molecular weight excluding hydrogens is 586 g/mol. The number of hydrogen-bond acceptors (Lipinski definition) is 8. The number of hydroxylamine groups is 2. The van der Waals surface area contributed by atoms with Gasteiger partial charge in [-0.1, -0.05) is 0 Å². The van der Waals surface area contributed by atoms with Crippen LogP contribution in [0.25, 0.3) is 0 Å². The van der Waals surface area contributed by atoms with Crippen molar-refractivity contribution in [1.29, 1.82) is 0 Å². The number of hydrogen-bond donors (Lipinski definition) is 0. The quantitative estimate of drug-likeness (QED) is 0.270. The molecule has 0 bridgehead atoms. The second kappa shape index (κ2) is 9.64. The fourth-order valence-electron chi connectivity index (χ4n) is 2.52. The van der Waals surface area contributed by atoms with Gasteiger partial charge >= 0.3 is 194 Å². The Hall–Kier alpha value is -2.72. The first-order valence-corrected chi connectivity index (χ1v) is 13.4. The van der Waals surface area contributed by atoms with Crippen LogP contribution < -0.4 is 4.74 Å². The Morgan fingerprint density at radius 1 is 1.00 bits per heavy atom. The third kappa shape index (κ3) is 5.62. The van der Waals surface area contributed by atoms with E-state index in [4.69, 9.17) is 9.57 Å². The summed E-state index contributed by atoms with van der Waals surface area (Å²) >= 11 is -3.78. The van der Waals surface area contributed by atoms with Gasteiger partial charge in [-0.25, -0.2) is 0 Å². The Balaban J connectivity index is 1.97. The van der Waals surface area contributed by atoms with Crippen LogP contribution in [0.2, 0.25) is 0 Å². The fourth-order valence-corrected chi connectivity index (χ4v) is 9.06. The molecule has 0 N–H and O–H groups in total. The molecule has 2 aromatic rings. The van der Waals surface area contributed by atoms with Crippen molar-refractivity contribution in [2.24, 2.45) is 0 Å². The molecule has 1 saturated heterocycles.